The number of benzene rings is 1. The van der Waals surface area contributed by atoms with Crippen LogP contribution in [0.5, 0.6) is 5.75 Å². The lowest BCUT2D eigenvalue weighted by molar-refractivity contribution is -0.120. The van der Waals surface area contributed by atoms with Crippen LogP contribution in [0, 0.1) is 6.92 Å². The molecular formula is C12H16ClNO3. The van der Waals surface area contributed by atoms with E-state index in [4.69, 9.17) is 21.4 Å². The van der Waals surface area contributed by atoms with E-state index >= 15 is 0 Å². The number of halogens is 1. The molecule has 0 saturated carbocycles. The van der Waals surface area contributed by atoms with Crippen LogP contribution >= 0.6 is 11.6 Å². The second-order valence-corrected chi connectivity index (χ2v) is 4.10. The van der Waals surface area contributed by atoms with E-state index in [-0.39, 0.29) is 25.5 Å². The molecule has 0 atom stereocenters. The maximum absolute atomic E-state index is 11.5. The third-order valence-electron chi connectivity index (χ3n) is 2.31. The van der Waals surface area contributed by atoms with Crippen LogP contribution in [-0.4, -0.2) is 31.3 Å². The maximum atomic E-state index is 11.5. The molecule has 0 aliphatic rings. The van der Waals surface area contributed by atoms with Gasteiger partial charge in [-0.2, -0.15) is 0 Å². The molecule has 17 heavy (non-hydrogen) atoms. The number of aliphatic hydroxyl groups is 1. The average molecular weight is 258 g/mol. The van der Waals surface area contributed by atoms with Gasteiger partial charge in [0.05, 0.1) is 20.1 Å². The fourth-order valence-corrected chi connectivity index (χ4v) is 1.95. The molecule has 1 aromatic carbocycles. The van der Waals surface area contributed by atoms with Gasteiger partial charge in [-0.05, 0) is 24.6 Å². The predicted octanol–water partition coefficient (Wildman–Crippen LogP) is 1.31. The van der Waals surface area contributed by atoms with E-state index in [9.17, 15) is 4.79 Å². The highest BCUT2D eigenvalue weighted by Crippen LogP contribution is 2.27. The number of carbonyl (C=O) groups excluding carboxylic acids is 1. The second kappa shape index (κ2) is 6.47. The van der Waals surface area contributed by atoms with E-state index in [0.29, 0.717) is 10.8 Å². The largest absolute Gasteiger partial charge is 0.496 e. The van der Waals surface area contributed by atoms with Crippen molar-refractivity contribution in [2.24, 2.45) is 0 Å². The number of rotatable bonds is 5. The first-order valence-corrected chi connectivity index (χ1v) is 5.67. The van der Waals surface area contributed by atoms with Crippen molar-refractivity contribution in [1.82, 2.24) is 5.32 Å². The zero-order chi connectivity index (χ0) is 12.8. The Labute approximate surface area is 106 Å². The summed E-state index contributed by atoms with van der Waals surface area (Å²) in [4.78, 5) is 11.5. The van der Waals surface area contributed by atoms with Crippen LogP contribution in [-0.2, 0) is 11.2 Å². The van der Waals surface area contributed by atoms with Crippen molar-refractivity contribution in [3.8, 4) is 5.75 Å². The number of amides is 1. The van der Waals surface area contributed by atoms with Crippen LogP contribution in [0.25, 0.3) is 0 Å². The monoisotopic (exact) mass is 257 g/mol. The summed E-state index contributed by atoms with van der Waals surface area (Å²) in [5.41, 5.74) is 1.64. The van der Waals surface area contributed by atoms with Crippen LogP contribution in [0.2, 0.25) is 5.02 Å². The first-order valence-electron chi connectivity index (χ1n) is 5.29. The fourth-order valence-electron chi connectivity index (χ4n) is 1.65. The molecule has 1 amide bonds. The quantitative estimate of drug-likeness (QED) is 0.836. The molecule has 0 aliphatic heterocycles. The Morgan fingerprint density at radius 2 is 2.24 bits per heavy atom. The Morgan fingerprint density at radius 3 is 2.82 bits per heavy atom. The first kappa shape index (κ1) is 13.8. The standard InChI is InChI=1S/C12H16ClNO3/c1-8-5-10(13)6-9(12(8)17-2)7-11(16)14-3-4-15/h5-6,15H,3-4,7H2,1-2H3,(H,14,16). The summed E-state index contributed by atoms with van der Waals surface area (Å²) >= 11 is 5.94. The van der Waals surface area contributed by atoms with Gasteiger partial charge in [0.2, 0.25) is 5.91 Å². The van der Waals surface area contributed by atoms with Gasteiger partial charge in [-0.25, -0.2) is 0 Å². The summed E-state index contributed by atoms with van der Waals surface area (Å²) in [6.07, 6.45) is 0.185. The number of aliphatic hydroxyl groups excluding tert-OH is 1. The van der Waals surface area contributed by atoms with Gasteiger partial charge in [0.15, 0.2) is 0 Å². The Morgan fingerprint density at radius 1 is 1.53 bits per heavy atom. The third-order valence-corrected chi connectivity index (χ3v) is 2.52. The van der Waals surface area contributed by atoms with E-state index in [1.165, 1.54) is 0 Å². The first-order chi connectivity index (χ1) is 8.08. The molecule has 0 fully saturated rings. The Hall–Kier alpha value is -1.26. The van der Waals surface area contributed by atoms with Crippen molar-refractivity contribution in [2.75, 3.05) is 20.3 Å². The molecule has 0 aromatic heterocycles. The molecule has 0 heterocycles. The van der Waals surface area contributed by atoms with E-state index in [0.717, 1.165) is 11.1 Å². The predicted molar refractivity (Wildman–Crippen MR) is 66.5 cm³/mol. The van der Waals surface area contributed by atoms with Crippen molar-refractivity contribution in [3.05, 3.63) is 28.3 Å². The van der Waals surface area contributed by atoms with Crippen LogP contribution in [0.4, 0.5) is 0 Å². The molecular weight excluding hydrogens is 242 g/mol. The highest BCUT2D eigenvalue weighted by atomic mass is 35.5. The van der Waals surface area contributed by atoms with E-state index in [1.54, 1.807) is 19.2 Å². The van der Waals surface area contributed by atoms with E-state index in [2.05, 4.69) is 5.32 Å². The number of hydrogen-bond donors (Lipinski definition) is 2. The summed E-state index contributed by atoms with van der Waals surface area (Å²) in [5.74, 6) is 0.507. The number of aryl methyl sites for hydroxylation is 1. The summed E-state index contributed by atoms with van der Waals surface area (Å²) in [5, 5.41) is 11.8. The Kier molecular flexibility index (Phi) is 5.25. The Balaban J connectivity index is 2.85. The van der Waals surface area contributed by atoms with Crippen LogP contribution in [0.15, 0.2) is 12.1 Å². The van der Waals surface area contributed by atoms with Crippen molar-refractivity contribution < 1.29 is 14.6 Å². The molecule has 1 rings (SSSR count). The lowest BCUT2D eigenvalue weighted by Crippen LogP contribution is -2.28. The summed E-state index contributed by atoms with van der Waals surface area (Å²) in [6, 6.07) is 3.50. The number of nitrogens with one attached hydrogen (secondary N) is 1. The topological polar surface area (TPSA) is 58.6 Å². The molecule has 4 nitrogen and oxygen atoms in total. The summed E-state index contributed by atoms with van der Waals surface area (Å²) < 4.78 is 5.25. The number of hydrogen-bond acceptors (Lipinski definition) is 3. The van der Waals surface area contributed by atoms with Crippen LogP contribution in [0.3, 0.4) is 0 Å². The molecule has 0 bridgehead atoms. The van der Waals surface area contributed by atoms with Gasteiger partial charge < -0.3 is 15.2 Å². The minimum absolute atomic E-state index is 0.0720. The van der Waals surface area contributed by atoms with E-state index < -0.39 is 0 Å². The Bertz CT molecular complexity index is 407. The molecule has 0 aliphatic carbocycles. The summed E-state index contributed by atoms with van der Waals surface area (Å²) in [6.45, 7) is 2.05. The third kappa shape index (κ3) is 3.91. The second-order valence-electron chi connectivity index (χ2n) is 3.67. The lowest BCUT2D eigenvalue weighted by atomic mass is 10.1. The number of methoxy groups -OCH3 is 1. The molecule has 0 spiro atoms. The molecule has 0 radical (unpaired) electrons. The smallest absolute Gasteiger partial charge is 0.224 e. The van der Waals surface area contributed by atoms with Crippen molar-refractivity contribution in [2.45, 2.75) is 13.3 Å². The highest BCUT2D eigenvalue weighted by Gasteiger charge is 2.11. The molecule has 0 saturated heterocycles. The SMILES string of the molecule is COc1c(C)cc(Cl)cc1CC(=O)NCCO. The fraction of sp³-hybridized carbons (Fsp3) is 0.417. The van der Waals surface area contributed by atoms with Gasteiger partial charge in [-0.15, -0.1) is 0 Å². The number of ether oxygens (including phenoxy) is 1. The van der Waals surface area contributed by atoms with Crippen LogP contribution < -0.4 is 10.1 Å². The van der Waals surface area contributed by atoms with Gasteiger partial charge in [0, 0.05) is 17.1 Å². The minimum Gasteiger partial charge on any atom is -0.496 e. The van der Waals surface area contributed by atoms with Crippen molar-refractivity contribution in [1.29, 1.82) is 0 Å². The van der Waals surface area contributed by atoms with Gasteiger partial charge in [-0.3, -0.25) is 4.79 Å². The summed E-state index contributed by atoms with van der Waals surface area (Å²) in [7, 11) is 1.56. The normalized spacial score (nSPS) is 10.1. The van der Waals surface area contributed by atoms with Crippen molar-refractivity contribution in [3.63, 3.8) is 0 Å². The molecule has 2 N–H and O–H groups in total. The molecule has 0 unspecified atom stereocenters. The van der Waals surface area contributed by atoms with Gasteiger partial charge in [-0.1, -0.05) is 11.6 Å². The zero-order valence-corrected chi connectivity index (χ0v) is 10.7. The van der Waals surface area contributed by atoms with Gasteiger partial charge in [0.25, 0.3) is 0 Å². The lowest BCUT2D eigenvalue weighted by Gasteiger charge is -2.12. The highest BCUT2D eigenvalue weighted by molar-refractivity contribution is 6.30. The molecule has 5 heteroatoms. The average Bonchev–Trinajstić information content (AvgIpc) is 2.25. The van der Waals surface area contributed by atoms with Crippen molar-refractivity contribution >= 4 is 17.5 Å². The zero-order valence-electron chi connectivity index (χ0n) is 9.92. The van der Waals surface area contributed by atoms with Gasteiger partial charge >= 0.3 is 0 Å². The maximum Gasteiger partial charge on any atom is 0.224 e. The molecule has 94 valence electrons. The van der Waals surface area contributed by atoms with Crippen LogP contribution in [0.1, 0.15) is 11.1 Å². The molecule has 1 aromatic rings. The minimum atomic E-state index is -0.168. The number of carbonyl (C=O) groups is 1. The van der Waals surface area contributed by atoms with Gasteiger partial charge in [0.1, 0.15) is 5.75 Å². The van der Waals surface area contributed by atoms with E-state index in [1.807, 2.05) is 6.92 Å².